The summed E-state index contributed by atoms with van der Waals surface area (Å²) >= 11 is 0. The number of primary amides is 1. The van der Waals surface area contributed by atoms with Crippen molar-refractivity contribution in [1.29, 1.82) is 0 Å². The van der Waals surface area contributed by atoms with Crippen LogP contribution in [0.25, 0.3) is 11.1 Å². The molecule has 1 aromatic heterocycles. The first-order valence-electron chi connectivity index (χ1n) is 8.23. The molecule has 0 saturated carbocycles. The average Bonchev–Trinajstić information content (AvgIpc) is 2.55. The van der Waals surface area contributed by atoms with E-state index in [9.17, 15) is 9.59 Å². The van der Waals surface area contributed by atoms with Crippen molar-refractivity contribution < 1.29 is 9.59 Å². The van der Waals surface area contributed by atoms with Gasteiger partial charge in [-0.2, -0.15) is 0 Å². The summed E-state index contributed by atoms with van der Waals surface area (Å²) in [6, 6.07) is 11.3. The van der Waals surface area contributed by atoms with Gasteiger partial charge >= 0.3 is 0 Å². The van der Waals surface area contributed by atoms with Gasteiger partial charge in [-0.1, -0.05) is 31.2 Å². The first kappa shape index (κ1) is 18.6. The minimum absolute atomic E-state index is 0.150. The summed E-state index contributed by atoms with van der Waals surface area (Å²) in [5.41, 5.74) is 14.1. The van der Waals surface area contributed by atoms with Crippen molar-refractivity contribution in [3.05, 3.63) is 48.2 Å². The molecule has 0 aliphatic carbocycles. The second kappa shape index (κ2) is 8.39. The molecule has 6 heteroatoms. The number of amides is 2. The number of hydrogen-bond donors (Lipinski definition) is 3. The molecule has 0 bridgehead atoms. The zero-order valence-electron chi connectivity index (χ0n) is 14.5. The summed E-state index contributed by atoms with van der Waals surface area (Å²) in [5, 5.41) is 2.68. The summed E-state index contributed by atoms with van der Waals surface area (Å²) < 4.78 is 0. The van der Waals surface area contributed by atoms with Gasteiger partial charge in [-0.25, -0.2) is 4.98 Å². The molecule has 132 valence electrons. The van der Waals surface area contributed by atoms with Crippen LogP contribution in [0.2, 0.25) is 0 Å². The minimum Gasteiger partial charge on any atom is -0.368 e. The van der Waals surface area contributed by atoms with Crippen LogP contribution >= 0.6 is 0 Å². The zero-order chi connectivity index (χ0) is 18.4. The van der Waals surface area contributed by atoms with Crippen molar-refractivity contribution >= 4 is 17.6 Å². The van der Waals surface area contributed by atoms with Gasteiger partial charge in [0.15, 0.2) is 0 Å². The summed E-state index contributed by atoms with van der Waals surface area (Å²) in [6.45, 7) is 3.51. The molecule has 25 heavy (non-hydrogen) atoms. The van der Waals surface area contributed by atoms with E-state index in [0.29, 0.717) is 12.2 Å². The highest BCUT2D eigenvalue weighted by Crippen LogP contribution is 2.23. The van der Waals surface area contributed by atoms with E-state index in [2.05, 4.69) is 29.4 Å². The maximum absolute atomic E-state index is 11.1. The Hall–Kier alpha value is -2.73. The van der Waals surface area contributed by atoms with Crippen LogP contribution in [0.4, 0.5) is 5.82 Å². The number of benzene rings is 1. The minimum atomic E-state index is -0.599. The van der Waals surface area contributed by atoms with E-state index in [4.69, 9.17) is 11.5 Å². The second-order valence-electron chi connectivity index (χ2n) is 6.36. The van der Waals surface area contributed by atoms with Gasteiger partial charge in [-0.3, -0.25) is 9.59 Å². The lowest BCUT2D eigenvalue weighted by Gasteiger charge is -2.15. The fourth-order valence-electron chi connectivity index (χ4n) is 2.73. The van der Waals surface area contributed by atoms with Crippen LogP contribution in [0, 0.1) is 5.92 Å². The molecule has 0 fully saturated rings. The molecule has 2 amide bonds. The van der Waals surface area contributed by atoms with E-state index in [1.807, 2.05) is 24.3 Å². The first-order valence-corrected chi connectivity index (χ1v) is 8.23. The Morgan fingerprint density at radius 1 is 1.16 bits per heavy atom. The van der Waals surface area contributed by atoms with Gasteiger partial charge in [-0.05, 0) is 47.6 Å². The zero-order valence-corrected chi connectivity index (χ0v) is 14.5. The van der Waals surface area contributed by atoms with Crippen molar-refractivity contribution in [3.8, 4) is 11.1 Å². The van der Waals surface area contributed by atoms with Crippen molar-refractivity contribution in [2.24, 2.45) is 17.4 Å². The second-order valence-corrected chi connectivity index (χ2v) is 6.36. The Kier molecular flexibility index (Phi) is 6.25. The molecular weight excluding hydrogens is 316 g/mol. The molecule has 0 spiro atoms. The van der Waals surface area contributed by atoms with E-state index in [-0.39, 0.29) is 11.8 Å². The Morgan fingerprint density at radius 3 is 2.44 bits per heavy atom. The number of aromatic nitrogens is 1. The summed E-state index contributed by atoms with van der Waals surface area (Å²) in [5.74, 6) is 0.182. The SMILES string of the molecule is CC(=O)Nc1cc(-c2ccc(CC(C)CC(N)C(N)=O)cc2)ccn1. The van der Waals surface area contributed by atoms with Crippen LogP contribution in [-0.2, 0) is 16.0 Å². The number of rotatable bonds is 7. The molecule has 2 atom stereocenters. The van der Waals surface area contributed by atoms with Gasteiger partial charge in [0.2, 0.25) is 11.8 Å². The highest BCUT2D eigenvalue weighted by atomic mass is 16.1. The van der Waals surface area contributed by atoms with Gasteiger partial charge in [0, 0.05) is 13.1 Å². The standard InChI is InChI=1S/C19H24N4O2/c1-12(10-17(20)19(21)25)9-14-3-5-15(6-4-14)16-7-8-22-18(11-16)23-13(2)24/h3-8,11-12,17H,9-10,20H2,1-2H3,(H2,21,25)(H,22,23,24). The smallest absolute Gasteiger partial charge is 0.234 e. The number of anilines is 1. The van der Waals surface area contributed by atoms with E-state index >= 15 is 0 Å². The van der Waals surface area contributed by atoms with Gasteiger partial charge in [0.1, 0.15) is 5.82 Å². The predicted molar refractivity (Wildman–Crippen MR) is 98.6 cm³/mol. The number of nitrogens with zero attached hydrogens (tertiary/aromatic N) is 1. The largest absolute Gasteiger partial charge is 0.368 e. The third kappa shape index (κ3) is 5.69. The number of nitrogens with one attached hydrogen (secondary N) is 1. The Bertz CT molecular complexity index is 743. The quantitative estimate of drug-likeness (QED) is 0.716. The van der Waals surface area contributed by atoms with Crippen molar-refractivity contribution in [2.75, 3.05) is 5.32 Å². The molecule has 1 heterocycles. The molecule has 0 radical (unpaired) electrons. The average molecular weight is 340 g/mol. The number of hydrogen-bond acceptors (Lipinski definition) is 4. The van der Waals surface area contributed by atoms with E-state index in [1.165, 1.54) is 12.5 Å². The lowest BCUT2D eigenvalue weighted by atomic mass is 9.93. The first-order chi connectivity index (χ1) is 11.8. The Balaban J connectivity index is 2.04. The van der Waals surface area contributed by atoms with E-state index in [1.54, 1.807) is 6.20 Å². The van der Waals surface area contributed by atoms with Crippen LogP contribution in [0.3, 0.4) is 0 Å². The Morgan fingerprint density at radius 2 is 1.84 bits per heavy atom. The van der Waals surface area contributed by atoms with E-state index < -0.39 is 11.9 Å². The Labute approximate surface area is 147 Å². The number of pyridine rings is 1. The van der Waals surface area contributed by atoms with Crippen LogP contribution < -0.4 is 16.8 Å². The van der Waals surface area contributed by atoms with Gasteiger partial charge in [0.25, 0.3) is 0 Å². The summed E-state index contributed by atoms with van der Waals surface area (Å²) in [6.07, 6.45) is 3.07. The van der Waals surface area contributed by atoms with Crippen LogP contribution in [0.15, 0.2) is 42.6 Å². The number of carbonyl (C=O) groups excluding carboxylic acids is 2. The van der Waals surface area contributed by atoms with E-state index in [0.717, 1.165) is 17.5 Å². The molecule has 0 aliphatic rings. The lowest BCUT2D eigenvalue weighted by Crippen LogP contribution is -2.37. The predicted octanol–water partition coefficient (Wildman–Crippen LogP) is 2.09. The summed E-state index contributed by atoms with van der Waals surface area (Å²) in [4.78, 5) is 26.3. The fraction of sp³-hybridized carbons (Fsp3) is 0.316. The molecule has 2 unspecified atom stereocenters. The van der Waals surface area contributed by atoms with Crippen molar-refractivity contribution in [3.63, 3.8) is 0 Å². The normalized spacial score (nSPS) is 13.1. The summed E-state index contributed by atoms with van der Waals surface area (Å²) in [7, 11) is 0. The number of carbonyl (C=O) groups is 2. The molecule has 6 nitrogen and oxygen atoms in total. The van der Waals surface area contributed by atoms with Crippen LogP contribution in [-0.4, -0.2) is 22.8 Å². The molecule has 0 aliphatic heterocycles. The van der Waals surface area contributed by atoms with Crippen LogP contribution in [0.1, 0.15) is 25.8 Å². The van der Waals surface area contributed by atoms with Gasteiger partial charge < -0.3 is 16.8 Å². The fourth-order valence-corrected chi connectivity index (χ4v) is 2.73. The molecule has 0 saturated heterocycles. The van der Waals surface area contributed by atoms with Gasteiger partial charge in [0.05, 0.1) is 6.04 Å². The topological polar surface area (TPSA) is 111 Å². The highest BCUT2D eigenvalue weighted by molar-refractivity contribution is 5.88. The number of nitrogens with two attached hydrogens (primary N) is 2. The maximum atomic E-state index is 11.1. The monoisotopic (exact) mass is 340 g/mol. The lowest BCUT2D eigenvalue weighted by molar-refractivity contribution is -0.119. The van der Waals surface area contributed by atoms with Crippen molar-refractivity contribution in [2.45, 2.75) is 32.7 Å². The van der Waals surface area contributed by atoms with Crippen molar-refractivity contribution in [1.82, 2.24) is 4.98 Å². The molecular formula is C19H24N4O2. The van der Waals surface area contributed by atoms with Crippen LogP contribution in [0.5, 0.6) is 0 Å². The van der Waals surface area contributed by atoms with Gasteiger partial charge in [-0.15, -0.1) is 0 Å². The maximum Gasteiger partial charge on any atom is 0.234 e. The molecule has 5 N–H and O–H groups in total. The highest BCUT2D eigenvalue weighted by Gasteiger charge is 2.14. The molecule has 2 aromatic rings. The third-order valence-corrected chi connectivity index (χ3v) is 3.96. The third-order valence-electron chi connectivity index (χ3n) is 3.96. The molecule has 1 aromatic carbocycles. The molecule has 2 rings (SSSR count).